The maximum Gasteiger partial charge on any atom is 0.119 e. The fourth-order valence-corrected chi connectivity index (χ4v) is 2.77. The number of nitrogens with one attached hydrogen (secondary N) is 1. The third kappa shape index (κ3) is 6.09. The van der Waals surface area contributed by atoms with Gasteiger partial charge in [0.05, 0.1) is 6.61 Å². The predicted octanol–water partition coefficient (Wildman–Crippen LogP) is 6.61. The monoisotopic (exact) mass is 345 g/mol. The smallest absolute Gasteiger partial charge is 0.119 e. The van der Waals surface area contributed by atoms with Crippen molar-refractivity contribution in [1.82, 2.24) is 0 Å². The topological polar surface area (TPSA) is 21.3 Å². The van der Waals surface area contributed by atoms with Crippen molar-refractivity contribution in [3.63, 3.8) is 0 Å². The maximum atomic E-state index is 6.15. The molecule has 2 aromatic carbocycles. The van der Waals surface area contributed by atoms with Crippen LogP contribution in [0.4, 0.5) is 5.69 Å². The number of benzene rings is 2. The van der Waals surface area contributed by atoms with Gasteiger partial charge in [0.2, 0.25) is 0 Å². The molecule has 0 saturated heterocycles. The second kappa shape index (κ2) is 10.2. The molecule has 3 heteroatoms. The van der Waals surface area contributed by atoms with E-state index >= 15 is 0 Å². The highest BCUT2D eigenvalue weighted by atomic mass is 35.5. The van der Waals surface area contributed by atoms with Gasteiger partial charge >= 0.3 is 0 Å². The first kappa shape index (κ1) is 18.7. The van der Waals surface area contributed by atoms with Gasteiger partial charge in [0.25, 0.3) is 0 Å². The van der Waals surface area contributed by atoms with E-state index in [1.807, 2.05) is 31.2 Å². The van der Waals surface area contributed by atoms with Crippen LogP contribution >= 0.6 is 11.6 Å². The molecule has 2 nitrogen and oxygen atoms in total. The zero-order chi connectivity index (χ0) is 17.2. The molecule has 1 N–H and O–H groups in total. The van der Waals surface area contributed by atoms with Crippen molar-refractivity contribution in [1.29, 1.82) is 0 Å². The van der Waals surface area contributed by atoms with Crippen LogP contribution in [0.5, 0.6) is 5.75 Å². The van der Waals surface area contributed by atoms with Crippen LogP contribution in [-0.2, 0) is 6.54 Å². The zero-order valence-electron chi connectivity index (χ0n) is 14.8. The van der Waals surface area contributed by atoms with Crippen LogP contribution in [0, 0.1) is 6.92 Å². The van der Waals surface area contributed by atoms with E-state index in [9.17, 15) is 0 Å². The molecule has 24 heavy (non-hydrogen) atoms. The lowest BCUT2D eigenvalue weighted by Crippen LogP contribution is -2.02. The molecule has 0 aliphatic rings. The summed E-state index contributed by atoms with van der Waals surface area (Å²) in [6.07, 6.45) is 6.32. The molecule has 0 fully saturated rings. The Labute approximate surface area is 151 Å². The fraction of sp³-hybridized carbons (Fsp3) is 0.429. The summed E-state index contributed by atoms with van der Waals surface area (Å²) in [6.45, 7) is 5.85. The largest absolute Gasteiger partial charge is 0.494 e. The van der Waals surface area contributed by atoms with Crippen LogP contribution in [-0.4, -0.2) is 6.61 Å². The summed E-state index contributed by atoms with van der Waals surface area (Å²) in [6, 6.07) is 14.3. The van der Waals surface area contributed by atoms with Crippen molar-refractivity contribution < 1.29 is 4.74 Å². The SMILES string of the molecule is CCCCCCCOc1ccc(CNc2cccc(Cl)c2C)cc1. The molecular weight excluding hydrogens is 318 g/mol. The average Bonchev–Trinajstić information content (AvgIpc) is 2.60. The summed E-state index contributed by atoms with van der Waals surface area (Å²) < 4.78 is 5.80. The number of anilines is 1. The Morgan fingerprint density at radius 2 is 1.71 bits per heavy atom. The first-order chi connectivity index (χ1) is 11.7. The van der Waals surface area contributed by atoms with Crippen molar-refractivity contribution in [3.8, 4) is 5.75 Å². The number of unbranched alkanes of at least 4 members (excludes halogenated alkanes) is 4. The summed E-state index contributed by atoms with van der Waals surface area (Å²) in [5.74, 6) is 0.952. The van der Waals surface area contributed by atoms with Gasteiger partial charge in [-0.15, -0.1) is 0 Å². The van der Waals surface area contributed by atoms with E-state index in [0.717, 1.165) is 41.6 Å². The van der Waals surface area contributed by atoms with Crippen LogP contribution < -0.4 is 10.1 Å². The summed E-state index contributed by atoms with van der Waals surface area (Å²) >= 11 is 6.15. The Balaban J connectivity index is 1.74. The minimum atomic E-state index is 0.776. The summed E-state index contributed by atoms with van der Waals surface area (Å²) in [4.78, 5) is 0. The molecule has 0 saturated carbocycles. The van der Waals surface area contributed by atoms with Gasteiger partial charge in [-0.2, -0.15) is 0 Å². The maximum absolute atomic E-state index is 6.15. The van der Waals surface area contributed by atoms with Crippen molar-refractivity contribution in [2.45, 2.75) is 52.5 Å². The lowest BCUT2D eigenvalue weighted by atomic mass is 10.1. The van der Waals surface area contributed by atoms with E-state index in [1.165, 1.54) is 31.2 Å². The van der Waals surface area contributed by atoms with Crippen LogP contribution in [0.15, 0.2) is 42.5 Å². The zero-order valence-corrected chi connectivity index (χ0v) is 15.5. The highest BCUT2D eigenvalue weighted by Gasteiger charge is 2.02. The minimum absolute atomic E-state index is 0.776. The third-order valence-electron chi connectivity index (χ3n) is 4.19. The second-order valence-corrected chi connectivity index (χ2v) is 6.58. The van der Waals surface area contributed by atoms with Gasteiger partial charge < -0.3 is 10.1 Å². The number of ether oxygens (including phenoxy) is 1. The molecule has 2 rings (SSSR count). The van der Waals surface area contributed by atoms with Crippen LogP contribution in [0.2, 0.25) is 5.02 Å². The Morgan fingerprint density at radius 1 is 0.958 bits per heavy atom. The van der Waals surface area contributed by atoms with E-state index < -0.39 is 0 Å². The number of halogens is 1. The first-order valence-electron chi connectivity index (χ1n) is 8.91. The molecule has 2 aromatic rings. The fourth-order valence-electron chi connectivity index (χ4n) is 2.60. The molecule has 0 bridgehead atoms. The Kier molecular flexibility index (Phi) is 7.97. The lowest BCUT2D eigenvalue weighted by molar-refractivity contribution is 0.304. The lowest BCUT2D eigenvalue weighted by Gasteiger charge is -2.11. The van der Waals surface area contributed by atoms with Crippen molar-refractivity contribution in [2.75, 3.05) is 11.9 Å². The summed E-state index contributed by atoms with van der Waals surface area (Å²) in [7, 11) is 0. The van der Waals surface area contributed by atoms with Gasteiger partial charge in [-0.05, 0) is 48.7 Å². The molecule has 0 radical (unpaired) electrons. The van der Waals surface area contributed by atoms with Gasteiger partial charge in [0.1, 0.15) is 5.75 Å². The average molecular weight is 346 g/mol. The summed E-state index contributed by atoms with van der Waals surface area (Å²) in [5.41, 5.74) is 3.39. The molecule has 130 valence electrons. The van der Waals surface area contributed by atoms with E-state index in [1.54, 1.807) is 0 Å². The molecule has 0 spiro atoms. The van der Waals surface area contributed by atoms with Crippen LogP contribution in [0.25, 0.3) is 0 Å². The number of hydrogen-bond donors (Lipinski definition) is 1. The van der Waals surface area contributed by atoms with Crippen molar-refractivity contribution in [2.24, 2.45) is 0 Å². The van der Waals surface area contributed by atoms with Gasteiger partial charge in [-0.3, -0.25) is 0 Å². The van der Waals surface area contributed by atoms with Gasteiger partial charge in [-0.1, -0.05) is 62.4 Å². The van der Waals surface area contributed by atoms with Crippen molar-refractivity contribution >= 4 is 17.3 Å². The molecule has 0 aliphatic carbocycles. The molecule has 0 amide bonds. The van der Waals surface area contributed by atoms with Gasteiger partial charge in [0.15, 0.2) is 0 Å². The van der Waals surface area contributed by atoms with Crippen LogP contribution in [0.3, 0.4) is 0 Å². The molecular formula is C21H28ClNO. The highest BCUT2D eigenvalue weighted by Crippen LogP contribution is 2.23. The number of hydrogen-bond acceptors (Lipinski definition) is 2. The molecule has 0 aliphatic heterocycles. The Bertz CT molecular complexity index is 610. The highest BCUT2D eigenvalue weighted by molar-refractivity contribution is 6.31. The minimum Gasteiger partial charge on any atom is -0.494 e. The van der Waals surface area contributed by atoms with Gasteiger partial charge in [-0.25, -0.2) is 0 Å². The normalized spacial score (nSPS) is 10.6. The molecule has 0 atom stereocenters. The van der Waals surface area contributed by atoms with E-state index in [4.69, 9.17) is 16.3 Å². The standard InChI is InChI=1S/C21H28ClNO/c1-3-4-5-6-7-15-24-19-13-11-18(12-14-19)16-23-21-10-8-9-20(22)17(21)2/h8-14,23H,3-7,15-16H2,1-2H3. The van der Waals surface area contributed by atoms with E-state index in [-0.39, 0.29) is 0 Å². The van der Waals surface area contributed by atoms with E-state index in [0.29, 0.717) is 0 Å². The van der Waals surface area contributed by atoms with Crippen LogP contribution in [0.1, 0.15) is 50.2 Å². The molecule has 0 unspecified atom stereocenters. The second-order valence-electron chi connectivity index (χ2n) is 6.17. The quantitative estimate of drug-likeness (QED) is 0.489. The Hall–Kier alpha value is -1.67. The number of rotatable bonds is 10. The van der Waals surface area contributed by atoms with E-state index in [2.05, 4.69) is 30.4 Å². The summed E-state index contributed by atoms with van der Waals surface area (Å²) in [5, 5.41) is 4.23. The molecule has 0 aromatic heterocycles. The van der Waals surface area contributed by atoms with Gasteiger partial charge in [0, 0.05) is 17.3 Å². The van der Waals surface area contributed by atoms with Crippen molar-refractivity contribution in [3.05, 3.63) is 58.6 Å². The Morgan fingerprint density at radius 3 is 2.46 bits per heavy atom. The third-order valence-corrected chi connectivity index (χ3v) is 4.60. The predicted molar refractivity (Wildman–Crippen MR) is 104 cm³/mol. The first-order valence-corrected chi connectivity index (χ1v) is 9.29. The molecule has 0 heterocycles.